The van der Waals surface area contributed by atoms with E-state index in [4.69, 9.17) is 0 Å². The first-order valence-corrected chi connectivity index (χ1v) is 7.62. The topological polar surface area (TPSA) is 39.1 Å². The monoisotopic (exact) mass is 271 g/mol. The highest BCUT2D eigenvalue weighted by atomic mass is 15.1. The van der Waals surface area contributed by atoms with Crippen molar-refractivity contribution < 1.29 is 0 Å². The third kappa shape index (κ3) is 3.82. The van der Waals surface area contributed by atoms with Crippen LogP contribution in [0.1, 0.15) is 37.8 Å². The second-order valence-corrected chi connectivity index (χ2v) is 5.92. The van der Waals surface area contributed by atoms with Crippen LogP contribution < -0.4 is 5.32 Å². The van der Waals surface area contributed by atoms with Crippen LogP contribution in [-0.2, 0) is 13.0 Å². The maximum Gasteiger partial charge on any atom is 0.105 e. The van der Waals surface area contributed by atoms with E-state index >= 15 is 0 Å². The number of fused-ring (bicyclic) bond motifs is 1. The van der Waals surface area contributed by atoms with E-state index in [2.05, 4.69) is 47.5 Å². The molecule has 0 amide bonds. The van der Waals surface area contributed by atoms with Crippen molar-refractivity contribution in [2.75, 3.05) is 19.6 Å². The van der Waals surface area contributed by atoms with E-state index in [0.717, 1.165) is 45.4 Å². The van der Waals surface area contributed by atoms with E-state index in [1.165, 1.54) is 11.1 Å². The molecule has 0 aliphatic carbocycles. The van der Waals surface area contributed by atoms with E-state index < -0.39 is 5.54 Å². The molecule has 1 aromatic rings. The van der Waals surface area contributed by atoms with Gasteiger partial charge in [-0.1, -0.05) is 31.2 Å². The van der Waals surface area contributed by atoms with Gasteiger partial charge in [-0.25, -0.2) is 0 Å². The Morgan fingerprint density at radius 1 is 1.35 bits per heavy atom. The van der Waals surface area contributed by atoms with Crippen molar-refractivity contribution in [3.8, 4) is 6.07 Å². The quantitative estimate of drug-likeness (QED) is 0.864. The van der Waals surface area contributed by atoms with Crippen LogP contribution in [0.3, 0.4) is 0 Å². The van der Waals surface area contributed by atoms with Gasteiger partial charge in [0.2, 0.25) is 0 Å². The van der Waals surface area contributed by atoms with Gasteiger partial charge in [-0.15, -0.1) is 0 Å². The Hall–Kier alpha value is -1.37. The first-order valence-electron chi connectivity index (χ1n) is 7.62. The number of hydrogen-bond acceptors (Lipinski definition) is 3. The minimum absolute atomic E-state index is 0.396. The zero-order valence-corrected chi connectivity index (χ0v) is 12.7. The number of benzene rings is 1. The van der Waals surface area contributed by atoms with Gasteiger partial charge in [-0.05, 0) is 43.9 Å². The van der Waals surface area contributed by atoms with Crippen LogP contribution in [0, 0.1) is 11.3 Å². The van der Waals surface area contributed by atoms with E-state index in [9.17, 15) is 5.26 Å². The van der Waals surface area contributed by atoms with Crippen molar-refractivity contribution in [3.05, 3.63) is 35.4 Å². The highest BCUT2D eigenvalue weighted by molar-refractivity contribution is 5.29. The lowest BCUT2D eigenvalue weighted by Gasteiger charge is -2.31. The first-order chi connectivity index (χ1) is 9.67. The Bertz CT molecular complexity index is 477. The molecule has 20 heavy (non-hydrogen) atoms. The molecule has 0 spiro atoms. The predicted octanol–water partition coefficient (Wildman–Crippen LogP) is 2.72. The molecule has 0 fully saturated rings. The van der Waals surface area contributed by atoms with Crippen molar-refractivity contribution in [3.63, 3.8) is 0 Å². The second kappa shape index (κ2) is 6.88. The summed E-state index contributed by atoms with van der Waals surface area (Å²) < 4.78 is 0. The maximum atomic E-state index is 9.37. The zero-order chi connectivity index (χ0) is 14.4. The Balaban J connectivity index is 1.88. The minimum Gasteiger partial charge on any atom is -0.300 e. The molecule has 1 unspecified atom stereocenters. The van der Waals surface area contributed by atoms with Crippen molar-refractivity contribution in [2.24, 2.45) is 0 Å². The Labute approximate surface area is 122 Å². The largest absolute Gasteiger partial charge is 0.300 e. The Morgan fingerprint density at radius 2 is 2.10 bits per heavy atom. The molecule has 2 rings (SSSR count). The average molecular weight is 271 g/mol. The molecule has 1 atom stereocenters. The maximum absolute atomic E-state index is 9.37. The summed E-state index contributed by atoms with van der Waals surface area (Å²) >= 11 is 0. The normalized spacial score (nSPS) is 18.1. The Morgan fingerprint density at radius 3 is 2.80 bits per heavy atom. The molecular weight excluding hydrogens is 246 g/mol. The molecule has 1 aliphatic heterocycles. The molecule has 3 nitrogen and oxygen atoms in total. The van der Waals surface area contributed by atoms with Gasteiger partial charge in [0.05, 0.1) is 6.07 Å². The SMILES string of the molecule is CCCNC(C)(C#N)CCN1CCc2ccccc2C1. The molecule has 1 N–H and O–H groups in total. The molecule has 1 aromatic carbocycles. The first kappa shape index (κ1) is 15.0. The number of nitrogens with one attached hydrogen (secondary N) is 1. The standard InChI is InChI=1S/C17H25N3/c1-3-10-19-17(2,14-18)9-12-20-11-8-15-6-4-5-7-16(15)13-20/h4-7,19H,3,8-13H2,1-2H3. The predicted molar refractivity (Wildman–Crippen MR) is 82.4 cm³/mol. The van der Waals surface area contributed by atoms with Crippen LogP contribution in [0.2, 0.25) is 0 Å². The lowest BCUT2D eigenvalue weighted by molar-refractivity contribution is 0.228. The van der Waals surface area contributed by atoms with Gasteiger partial charge in [0.1, 0.15) is 5.54 Å². The molecule has 0 radical (unpaired) electrons. The molecular formula is C17H25N3. The van der Waals surface area contributed by atoms with Crippen LogP contribution in [-0.4, -0.2) is 30.1 Å². The smallest absolute Gasteiger partial charge is 0.105 e. The summed E-state index contributed by atoms with van der Waals surface area (Å²) in [5, 5.41) is 12.7. The van der Waals surface area contributed by atoms with Crippen molar-refractivity contribution in [2.45, 2.75) is 45.2 Å². The van der Waals surface area contributed by atoms with Crippen LogP contribution in [0.4, 0.5) is 0 Å². The fourth-order valence-electron chi connectivity index (χ4n) is 2.71. The van der Waals surface area contributed by atoms with Crippen LogP contribution in [0.25, 0.3) is 0 Å². The van der Waals surface area contributed by atoms with Gasteiger partial charge in [-0.2, -0.15) is 5.26 Å². The number of hydrogen-bond donors (Lipinski definition) is 1. The highest BCUT2D eigenvalue weighted by Gasteiger charge is 2.24. The fourth-order valence-corrected chi connectivity index (χ4v) is 2.71. The lowest BCUT2D eigenvalue weighted by Crippen LogP contribution is -2.44. The molecule has 1 heterocycles. The van der Waals surface area contributed by atoms with Crippen molar-refractivity contribution in [1.82, 2.24) is 10.2 Å². The third-order valence-electron chi connectivity index (χ3n) is 4.15. The lowest BCUT2D eigenvalue weighted by atomic mass is 9.96. The minimum atomic E-state index is -0.396. The summed E-state index contributed by atoms with van der Waals surface area (Å²) in [7, 11) is 0. The Kier molecular flexibility index (Phi) is 5.17. The number of rotatable bonds is 6. The summed E-state index contributed by atoms with van der Waals surface area (Å²) in [4.78, 5) is 2.46. The summed E-state index contributed by atoms with van der Waals surface area (Å²) in [5.74, 6) is 0. The molecule has 108 valence electrons. The number of nitrogens with zero attached hydrogens (tertiary/aromatic N) is 2. The van der Waals surface area contributed by atoms with E-state index in [-0.39, 0.29) is 0 Å². The molecule has 1 aliphatic rings. The van der Waals surface area contributed by atoms with Crippen LogP contribution in [0.15, 0.2) is 24.3 Å². The fraction of sp³-hybridized carbons (Fsp3) is 0.588. The number of nitriles is 1. The van der Waals surface area contributed by atoms with Gasteiger partial charge in [-0.3, -0.25) is 10.2 Å². The average Bonchev–Trinajstić information content (AvgIpc) is 2.51. The van der Waals surface area contributed by atoms with Gasteiger partial charge < -0.3 is 0 Å². The molecule has 3 heteroatoms. The highest BCUT2D eigenvalue weighted by Crippen LogP contribution is 2.20. The summed E-state index contributed by atoms with van der Waals surface area (Å²) in [6.07, 6.45) is 3.07. The molecule has 0 saturated carbocycles. The van der Waals surface area contributed by atoms with E-state index in [0.29, 0.717) is 0 Å². The van der Waals surface area contributed by atoms with E-state index in [1.807, 2.05) is 6.92 Å². The van der Waals surface area contributed by atoms with E-state index in [1.54, 1.807) is 0 Å². The summed E-state index contributed by atoms with van der Waals surface area (Å²) in [6.45, 7) is 8.16. The molecule has 0 saturated heterocycles. The molecule has 0 bridgehead atoms. The zero-order valence-electron chi connectivity index (χ0n) is 12.7. The second-order valence-electron chi connectivity index (χ2n) is 5.92. The van der Waals surface area contributed by atoms with Crippen molar-refractivity contribution >= 4 is 0 Å². The van der Waals surface area contributed by atoms with Gasteiger partial charge in [0.25, 0.3) is 0 Å². The van der Waals surface area contributed by atoms with Gasteiger partial charge >= 0.3 is 0 Å². The summed E-state index contributed by atoms with van der Waals surface area (Å²) in [5.41, 5.74) is 2.53. The van der Waals surface area contributed by atoms with Gasteiger partial charge in [0, 0.05) is 19.6 Å². The molecule has 0 aromatic heterocycles. The van der Waals surface area contributed by atoms with Gasteiger partial charge in [0.15, 0.2) is 0 Å². The van der Waals surface area contributed by atoms with Crippen LogP contribution in [0.5, 0.6) is 0 Å². The van der Waals surface area contributed by atoms with Crippen LogP contribution >= 0.6 is 0 Å². The van der Waals surface area contributed by atoms with Crippen molar-refractivity contribution in [1.29, 1.82) is 5.26 Å². The third-order valence-corrected chi connectivity index (χ3v) is 4.15. The summed E-state index contributed by atoms with van der Waals surface area (Å²) in [6, 6.07) is 11.1.